The topological polar surface area (TPSA) is 54.0 Å². The lowest BCUT2D eigenvalue weighted by Crippen LogP contribution is -2.34. The van der Waals surface area contributed by atoms with Crippen molar-refractivity contribution in [3.63, 3.8) is 0 Å². The predicted octanol–water partition coefficient (Wildman–Crippen LogP) is 4.18. The van der Waals surface area contributed by atoms with Crippen molar-refractivity contribution in [3.8, 4) is 11.5 Å². The first-order chi connectivity index (χ1) is 12.7. The average molecular weight is 360 g/mol. The molecular weight excluding hydrogens is 332 g/mol. The Morgan fingerprint density at radius 2 is 1.96 bits per heavy atom. The van der Waals surface area contributed by atoms with Crippen LogP contribution in [0.25, 0.3) is 0 Å². The number of benzene rings is 1. The second-order valence-corrected chi connectivity index (χ2v) is 6.34. The standard InChI is InChI=1S/C21H28O5/c1-4-10-24-12-6-7-16-13-18(14-16)26-19-9-8-17(21(22)23-3)15-20(19)25-11-5-2/h4-5,8-9,15-16,18H,1-2,6-7,10-14H2,3H3. The summed E-state index contributed by atoms with van der Waals surface area (Å²) in [7, 11) is 1.36. The first-order valence-electron chi connectivity index (χ1n) is 8.99. The van der Waals surface area contributed by atoms with Crippen molar-refractivity contribution in [1.29, 1.82) is 0 Å². The molecule has 0 heterocycles. The van der Waals surface area contributed by atoms with Crippen LogP contribution in [0, 0.1) is 5.92 Å². The number of hydrogen-bond donors (Lipinski definition) is 0. The Hall–Kier alpha value is -2.27. The van der Waals surface area contributed by atoms with Crippen molar-refractivity contribution in [2.45, 2.75) is 31.8 Å². The number of carbonyl (C=O) groups is 1. The molecule has 0 saturated heterocycles. The van der Waals surface area contributed by atoms with Gasteiger partial charge in [-0.15, -0.1) is 6.58 Å². The fraction of sp³-hybridized carbons (Fsp3) is 0.476. The van der Waals surface area contributed by atoms with E-state index in [2.05, 4.69) is 13.2 Å². The number of hydrogen-bond acceptors (Lipinski definition) is 5. The highest BCUT2D eigenvalue weighted by Gasteiger charge is 2.31. The molecule has 1 aromatic carbocycles. The molecule has 1 aromatic rings. The molecule has 0 aromatic heterocycles. The minimum Gasteiger partial charge on any atom is -0.487 e. The van der Waals surface area contributed by atoms with Gasteiger partial charge in [-0.1, -0.05) is 18.7 Å². The molecule has 0 atom stereocenters. The Morgan fingerprint density at radius 3 is 2.65 bits per heavy atom. The highest BCUT2D eigenvalue weighted by molar-refractivity contribution is 5.90. The van der Waals surface area contributed by atoms with Gasteiger partial charge < -0.3 is 18.9 Å². The molecule has 26 heavy (non-hydrogen) atoms. The Bertz CT molecular complexity index is 604. The molecule has 2 rings (SSSR count). The van der Waals surface area contributed by atoms with Gasteiger partial charge in [0.2, 0.25) is 0 Å². The Kier molecular flexibility index (Phi) is 8.22. The van der Waals surface area contributed by atoms with Crippen molar-refractivity contribution >= 4 is 5.97 Å². The van der Waals surface area contributed by atoms with E-state index in [-0.39, 0.29) is 6.10 Å². The van der Waals surface area contributed by atoms with Gasteiger partial charge in [-0.2, -0.15) is 0 Å². The third-order valence-electron chi connectivity index (χ3n) is 4.34. The Labute approximate surface area is 155 Å². The molecule has 5 heteroatoms. The van der Waals surface area contributed by atoms with E-state index in [0.717, 1.165) is 32.3 Å². The summed E-state index contributed by atoms with van der Waals surface area (Å²) < 4.78 is 21.9. The summed E-state index contributed by atoms with van der Waals surface area (Å²) in [6.45, 7) is 9.03. The lowest BCUT2D eigenvalue weighted by molar-refractivity contribution is 0.0510. The van der Waals surface area contributed by atoms with E-state index < -0.39 is 5.97 Å². The lowest BCUT2D eigenvalue weighted by atomic mass is 9.79. The van der Waals surface area contributed by atoms with Crippen molar-refractivity contribution in [2.75, 3.05) is 26.9 Å². The third-order valence-corrected chi connectivity index (χ3v) is 4.34. The first kappa shape index (κ1) is 20.0. The van der Waals surface area contributed by atoms with Gasteiger partial charge in [0, 0.05) is 6.61 Å². The van der Waals surface area contributed by atoms with E-state index in [4.69, 9.17) is 18.9 Å². The molecule has 1 aliphatic carbocycles. The number of esters is 1. The lowest BCUT2D eigenvalue weighted by Gasteiger charge is -2.35. The molecule has 142 valence electrons. The van der Waals surface area contributed by atoms with Crippen LogP contribution < -0.4 is 9.47 Å². The number of methoxy groups -OCH3 is 1. The quantitative estimate of drug-likeness (QED) is 0.318. The van der Waals surface area contributed by atoms with Crippen LogP contribution in [-0.4, -0.2) is 39.0 Å². The smallest absolute Gasteiger partial charge is 0.337 e. The predicted molar refractivity (Wildman–Crippen MR) is 101 cm³/mol. The number of ether oxygens (including phenoxy) is 4. The maximum absolute atomic E-state index is 11.7. The molecule has 5 nitrogen and oxygen atoms in total. The minimum absolute atomic E-state index is 0.184. The molecule has 1 saturated carbocycles. The van der Waals surface area contributed by atoms with Gasteiger partial charge in [0.25, 0.3) is 0 Å². The molecule has 0 bridgehead atoms. The number of carbonyl (C=O) groups excluding carboxylic acids is 1. The van der Waals surface area contributed by atoms with Gasteiger partial charge in [0.05, 0.1) is 25.4 Å². The molecular formula is C21H28O5. The SMILES string of the molecule is C=CCOCCCC1CC(Oc2ccc(C(=O)OC)cc2OCC=C)C1. The van der Waals surface area contributed by atoms with E-state index in [1.807, 2.05) is 0 Å². The van der Waals surface area contributed by atoms with Gasteiger partial charge in [-0.25, -0.2) is 4.79 Å². The van der Waals surface area contributed by atoms with Crippen LogP contribution >= 0.6 is 0 Å². The van der Waals surface area contributed by atoms with Crippen molar-refractivity contribution in [2.24, 2.45) is 5.92 Å². The number of rotatable bonds is 12. The van der Waals surface area contributed by atoms with E-state index in [9.17, 15) is 4.79 Å². The second kappa shape index (κ2) is 10.7. The zero-order valence-corrected chi connectivity index (χ0v) is 15.4. The molecule has 1 aliphatic rings. The van der Waals surface area contributed by atoms with E-state index >= 15 is 0 Å². The van der Waals surface area contributed by atoms with Crippen LogP contribution in [0.3, 0.4) is 0 Å². The van der Waals surface area contributed by atoms with Gasteiger partial charge in [0.1, 0.15) is 6.61 Å². The van der Waals surface area contributed by atoms with E-state index in [0.29, 0.717) is 36.2 Å². The average Bonchev–Trinajstić information content (AvgIpc) is 2.63. The Morgan fingerprint density at radius 1 is 1.19 bits per heavy atom. The summed E-state index contributed by atoms with van der Waals surface area (Å²) in [5, 5.41) is 0. The molecule has 0 spiro atoms. The van der Waals surface area contributed by atoms with Crippen LogP contribution in [0.1, 0.15) is 36.0 Å². The largest absolute Gasteiger partial charge is 0.487 e. The Balaban J connectivity index is 1.84. The van der Waals surface area contributed by atoms with Crippen LogP contribution in [0.4, 0.5) is 0 Å². The van der Waals surface area contributed by atoms with Crippen molar-refractivity contribution < 1.29 is 23.7 Å². The van der Waals surface area contributed by atoms with Gasteiger partial charge in [-0.3, -0.25) is 0 Å². The van der Waals surface area contributed by atoms with E-state index in [1.165, 1.54) is 7.11 Å². The summed E-state index contributed by atoms with van der Waals surface area (Å²) in [5.74, 6) is 1.47. The maximum atomic E-state index is 11.7. The normalized spacial score (nSPS) is 18.5. The monoisotopic (exact) mass is 360 g/mol. The summed E-state index contributed by atoms with van der Waals surface area (Å²) in [4.78, 5) is 11.7. The molecule has 0 N–H and O–H groups in total. The summed E-state index contributed by atoms with van der Waals surface area (Å²) in [5.41, 5.74) is 0.435. The molecule has 0 unspecified atom stereocenters. The van der Waals surface area contributed by atoms with Gasteiger partial charge in [-0.05, 0) is 49.8 Å². The first-order valence-corrected chi connectivity index (χ1v) is 8.99. The second-order valence-electron chi connectivity index (χ2n) is 6.34. The van der Waals surface area contributed by atoms with Gasteiger partial charge >= 0.3 is 5.97 Å². The maximum Gasteiger partial charge on any atom is 0.337 e. The van der Waals surface area contributed by atoms with Crippen molar-refractivity contribution in [3.05, 3.63) is 49.1 Å². The molecule has 1 fully saturated rings. The minimum atomic E-state index is -0.401. The zero-order chi connectivity index (χ0) is 18.8. The summed E-state index contributed by atoms with van der Waals surface area (Å²) in [6, 6.07) is 5.11. The summed E-state index contributed by atoms with van der Waals surface area (Å²) >= 11 is 0. The van der Waals surface area contributed by atoms with Crippen LogP contribution in [0.5, 0.6) is 11.5 Å². The third kappa shape index (κ3) is 5.92. The van der Waals surface area contributed by atoms with Crippen molar-refractivity contribution in [1.82, 2.24) is 0 Å². The zero-order valence-electron chi connectivity index (χ0n) is 15.4. The van der Waals surface area contributed by atoms with Crippen LogP contribution in [0.15, 0.2) is 43.5 Å². The van der Waals surface area contributed by atoms with Crippen LogP contribution in [0.2, 0.25) is 0 Å². The molecule has 0 amide bonds. The molecule has 0 aliphatic heterocycles. The highest BCUT2D eigenvalue weighted by Crippen LogP contribution is 2.37. The molecule has 0 radical (unpaired) electrons. The van der Waals surface area contributed by atoms with E-state index in [1.54, 1.807) is 30.4 Å². The fourth-order valence-electron chi connectivity index (χ4n) is 2.94. The fourth-order valence-corrected chi connectivity index (χ4v) is 2.94. The van der Waals surface area contributed by atoms with Gasteiger partial charge in [0.15, 0.2) is 11.5 Å². The summed E-state index contributed by atoms with van der Waals surface area (Å²) in [6.07, 6.45) is 7.88. The van der Waals surface area contributed by atoms with Crippen LogP contribution in [-0.2, 0) is 9.47 Å². The highest BCUT2D eigenvalue weighted by atomic mass is 16.5.